The molecule has 3 unspecified atom stereocenters. The van der Waals surface area contributed by atoms with E-state index in [1.54, 1.807) is 0 Å². The van der Waals surface area contributed by atoms with Crippen molar-refractivity contribution >= 4 is 21.9 Å². The lowest BCUT2D eigenvalue weighted by Gasteiger charge is -2.29. The SMILES string of the molecule is FC1(P)CN2CCCC2(CS)C1. The summed E-state index contributed by atoms with van der Waals surface area (Å²) in [6.07, 6.45) is 2.98. The lowest BCUT2D eigenvalue weighted by molar-refractivity contribution is 0.221. The molecule has 0 aliphatic carbocycles. The van der Waals surface area contributed by atoms with Crippen LogP contribution in [0.2, 0.25) is 0 Å². The lowest BCUT2D eigenvalue weighted by Crippen LogP contribution is -2.39. The Bertz CT molecular complexity index is 199. The highest BCUT2D eigenvalue weighted by Gasteiger charge is 2.52. The Morgan fingerprint density at radius 2 is 2.33 bits per heavy atom. The number of halogens is 1. The van der Waals surface area contributed by atoms with Gasteiger partial charge in [-0.2, -0.15) is 12.6 Å². The van der Waals surface area contributed by atoms with Crippen LogP contribution in [0.25, 0.3) is 0 Å². The van der Waals surface area contributed by atoms with Crippen molar-refractivity contribution in [1.29, 1.82) is 0 Å². The van der Waals surface area contributed by atoms with E-state index in [0.717, 1.165) is 18.7 Å². The van der Waals surface area contributed by atoms with Crippen LogP contribution in [0.3, 0.4) is 0 Å². The summed E-state index contributed by atoms with van der Waals surface area (Å²) in [6, 6.07) is 0. The van der Waals surface area contributed by atoms with Gasteiger partial charge in [0.25, 0.3) is 0 Å². The first-order valence-corrected chi connectivity index (χ1v) is 5.63. The average Bonchev–Trinajstić information content (AvgIpc) is 2.40. The van der Waals surface area contributed by atoms with E-state index in [1.807, 2.05) is 0 Å². The maximum atomic E-state index is 13.7. The second kappa shape index (κ2) is 2.83. The highest BCUT2D eigenvalue weighted by atomic mass is 32.1. The summed E-state index contributed by atoms with van der Waals surface area (Å²) in [5.74, 6) is 0.799. The molecule has 12 heavy (non-hydrogen) atoms. The standard InChI is InChI=1S/C8H15FNPS/c9-8(11)4-7(6-12)2-1-3-10(7)5-8/h12H,1-6,11H2. The van der Waals surface area contributed by atoms with Gasteiger partial charge in [-0.25, -0.2) is 4.39 Å². The quantitative estimate of drug-likeness (QED) is 0.506. The number of hydrogen-bond donors (Lipinski definition) is 1. The van der Waals surface area contributed by atoms with Crippen LogP contribution < -0.4 is 0 Å². The third-order valence-electron chi connectivity index (χ3n) is 3.11. The molecule has 0 aromatic carbocycles. The van der Waals surface area contributed by atoms with E-state index in [9.17, 15) is 4.39 Å². The summed E-state index contributed by atoms with van der Waals surface area (Å²) in [6.45, 7) is 1.64. The molecule has 2 saturated heterocycles. The maximum Gasteiger partial charge on any atom is 0.138 e. The Morgan fingerprint density at radius 3 is 2.92 bits per heavy atom. The molecule has 0 N–H and O–H groups in total. The number of alkyl halides is 1. The van der Waals surface area contributed by atoms with Crippen LogP contribution in [-0.2, 0) is 0 Å². The second-order valence-corrected chi connectivity index (χ2v) is 5.47. The fourth-order valence-corrected chi connectivity index (χ4v) is 3.67. The highest BCUT2D eigenvalue weighted by Crippen LogP contribution is 2.48. The molecular weight excluding hydrogens is 192 g/mol. The van der Waals surface area contributed by atoms with Crippen molar-refractivity contribution < 1.29 is 4.39 Å². The molecule has 4 heteroatoms. The summed E-state index contributed by atoms with van der Waals surface area (Å²) in [4.78, 5) is 2.27. The van der Waals surface area contributed by atoms with E-state index in [-0.39, 0.29) is 5.54 Å². The Balaban J connectivity index is 2.20. The summed E-state index contributed by atoms with van der Waals surface area (Å²) < 4.78 is 13.7. The first-order chi connectivity index (χ1) is 5.58. The molecule has 0 saturated carbocycles. The number of hydrogen-bond acceptors (Lipinski definition) is 2. The van der Waals surface area contributed by atoms with Gasteiger partial charge in [0.05, 0.1) is 0 Å². The number of thiol groups is 1. The first kappa shape index (κ1) is 9.23. The topological polar surface area (TPSA) is 3.24 Å². The minimum atomic E-state index is -1.05. The first-order valence-electron chi connectivity index (χ1n) is 4.42. The molecule has 0 spiro atoms. The normalized spacial score (nSPS) is 48.2. The van der Waals surface area contributed by atoms with E-state index >= 15 is 0 Å². The summed E-state index contributed by atoms with van der Waals surface area (Å²) >= 11 is 4.34. The molecule has 2 aliphatic rings. The van der Waals surface area contributed by atoms with Gasteiger partial charge in [0, 0.05) is 24.3 Å². The van der Waals surface area contributed by atoms with Crippen LogP contribution in [0.15, 0.2) is 0 Å². The van der Waals surface area contributed by atoms with Crippen molar-refractivity contribution in [2.24, 2.45) is 0 Å². The smallest absolute Gasteiger partial charge is 0.138 e. The Kier molecular flexibility index (Phi) is 2.18. The fourth-order valence-electron chi connectivity index (χ4n) is 2.60. The average molecular weight is 207 g/mol. The van der Waals surface area contributed by atoms with Crippen molar-refractivity contribution in [3.05, 3.63) is 0 Å². The molecule has 0 aromatic heterocycles. The third-order valence-corrected chi connectivity index (χ3v) is 4.09. The van der Waals surface area contributed by atoms with E-state index in [0.29, 0.717) is 13.0 Å². The molecule has 1 nitrogen and oxygen atoms in total. The predicted octanol–water partition coefficient (Wildman–Crippen LogP) is 1.70. The molecule has 0 aromatic rings. The van der Waals surface area contributed by atoms with E-state index in [1.165, 1.54) is 6.42 Å². The molecule has 2 fully saturated rings. The molecule has 0 amide bonds. The van der Waals surface area contributed by atoms with Crippen molar-refractivity contribution in [2.75, 3.05) is 18.8 Å². The lowest BCUT2D eigenvalue weighted by atomic mass is 9.96. The van der Waals surface area contributed by atoms with E-state index in [2.05, 4.69) is 26.8 Å². The second-order valence-electron chi connectivity index (χ2n) is 4.12. The van der Waals surface area contributed by atoms with Crippen molar-refractivity contribution in [3.8, 4) is 0 Å². The minimum absolute atomic E-state index is 0.0829. The van der Waals surface area contributed by atoms with Gasteiger partial charge in [-0.05, 0) is 19.4 Å². The Morgan fingerprint density at radius 1 is 1.58 bits per heavy atom. The molecule has 2 aliphatic heterocycles. The van der Waals surface area contributed by atoms with E-state index in [4.69, 9.17) is 0 Å². The van der Waals surface area contributed by atoms with Crippen molar-refractivity contribution in [2.45, 2.75) is 30.2 Å². The molecule has 70 valence electrons. The van der Waals surface area contributed by atoms with Gasteiger partial charge >= 0.3 is 0 Å². The van der Waals surface area contributed by atoms with Crippen LogP contribution in [0, 0.1) is 0 Å². The zero-order chi connectivity index (χ0) is 8.82. The van der Waals surface area contributed by atoms with Crippen molar-refractivity contribution in [3.63, 3.8) is 0 Å². The van der Waals surface area contributed by atoms with Gasteiger partial charge in [0.15, 0.2) is 0 Å². The number of rotatable bonds is 1. The maximum absolute atomic E-state index is 13.7. The van der Waals surface area contributed by atoms with Crippen LogP contribution in [0.5, 0.6) is 0 Å². The fraction of sp³-hybridized carbons (Fsp3) is 1.00. The summed E-state index contributed by atoms with van der Waals surface area (Å²) in [5.41, 5.74) is 0.0829. The number of nitrogens with zero attached hydrogens (tertiary/aromatic N) is 1. The predicted molar refractivity (Wildman–Crippen MR) is 55.6 cm³/mol. The van der Waals surface area contributed by atoms with Gasteiger partial charge in [-0.3, -0.25) is 4.90 Å². The Labute approximate surface area is 80.7 Å². The van der Waals surface area contributed by atoms with Crippen LogP contribution in [-0.4, -0.2) is 34.7 Å². The zero-order valence-electron chi connectivity index (χ0n) is 7.09. The van der Waals surface area contributed by atoms with E-state index < -0.39 is 5.41 Å². The highest BCUT2D eigenvalue weighted by molar-refractivity contribution is 7.80. The van der Waals surface area contributed by atoms with Crippen molar-refractivity contribution in [1.82, 2.24) is 4.90 Å². The van der Waals surface area contributed by atoms with Gasteiger partial charge in [0.2, 0.25) is 0 Å². The van der Waals surface area contributed by atoms with Gasteiger partial charge in [0.1, 0.15) is 5.41 Å². The molecule has 2 heterocycles. The summed E-state index contributed by atoms with van der Waals surface area (Å²) in [7, 11) is 2.35. The van der Waals surface area contributed by atoms with Gasteiger partial charge in [-0.15, -0.1) is 0 Å². The van der Waals surface area contributed by atoms with Gasteiger partial charge < -0.3 is 0 Å². The molecular formula is C8H15FNPS. The van der Waals surface area contributed by atoms with Crippen LogP contribution >= 0.6 is 21.9 Å². The molecule has 2 rings (SSSR count). The largest absolute Gasteiger partial charge is 0.293 e. The number of fused-ring (bicyclic) bond motifs is 1. The minimum Gasteiger partial charge on any atom is -0.293 e. The van der Waals surface area contributed by atoms with Crippen LogP contribution in [0.4, 0.5) is 4.39 Å². The molecule has 0 radical (unpaired) electrons. The van der Waals surface area contributed by atoms with Gasteiger partial charge in [-0.1, -0.05) is 9.24 Å². The zero-order valence-corrected chi connectivity index (χ0v) is 9.14. The molecule has 0 bridgehead atoms. The van der Waals surface area contributed by atoms with Crippen LogP contribution in [0.1, 0.15) is 19.3 Å². The summed E-state index contributed by atoms with van der Waals surface area (Å²) in [5, 5.41) is -1.05. The molecule has 3 atom stereocenters. The third kappa shape index (κ3) is 1.30. The Hall–Kier alpha value is 0.670. The monoisotopic (exact) mass is 207 g/mol.